The van der Waals surface area contributed by atoms with Gasteiger partial charge in [-0.25, -0.2) is 9.97 Å². The molecule has 0 fully saturated rings. The van der Waals surface area contributed by atoms with Crippen LogP contribution in [0.3, 0.4) is 0 Å². The average Bonchev–Trinajstić information content (AvgIpc) is 2.89. The number of aromatic nitrogens is 3. The number of H-pyrrole nitrogens is 1. The molecule has 2 aromatic heterocycles. The summed E-state index contributed by atoms with van der Waals surface area (Å²) in [6.45, 7) is 0.402. The highest BCUT2D eigenvalue weighted by atomic mass is 16.6. The summed E-state index contributed by atoms with van der Waals surface area (Å²) in [6.07, 6.45) is 4.27. The molecule has 0 aromatic carbocycles. The minimum Gasteiger partial charge on any atom is -0.363 e. The van der Waals surface area contributed by atoms with Gasteiger partial charge in [0.2, 0.25) is 0 Å². The molecule has 0 unspecified atom stereocenters. The Labute approximate surface area is 101 Å². The summed E-state index contributed by atoms with van der Waals surface area (Å²) in [5.41, 5.74) is 0.737. The van der Waals surface area contributed by atoms with E-state index in [1.54, 1.807) is 6.20 Å². The number of nitrogens with zero attached hydrogens (tertiary/aromatic N) is 4. The molecule has 0 bridgehead atoms. The van der Waals surface area contributed by atoms with Gasteiger partial charge in [-0.1, -0.05) is 0 Å². The topological polar surface area (TPSA) is 121 Å². The molecule has 18 heavy (non-hydrogen) atoms. The lowest BCUT2D eigenvalue weighted by molar-refractivity contribution is -0.385. The summed E-state index contributed by atoms with van der Waals surface area (Å²) in [5, 5.41) is 22.4. The minimum atomic E-state index is -0.591. The molecular formula is C10H8N6O2. The molecule has 0 aliphatic heterocycles. The first-order valence-corrected chi connectivity index (χ1v) is 4.96. The van der Waals surface area contributed by atoms with Gasteiger partial charge in [0.05, 0.1) is 23.5 Å². The Morgan fingerprint density at radius 2 is 2.39 bits per heavy atom. The van der Waals surface area contributed by atoms with Crippen molar-refractivity contribution in [2.24, 2.45) is 0 Å². The third kappa shape index (κ3) is 2.41. The van der Waals surface area contributed by atoms with E-state index in [9.17, 15) is 10.1 Å². The Morgan fingerprint density at radius 1 is 1.56 bits per heavy atom. The van der Waals surface area contributed by atoms with Crippen LogP contribution in [0.5, 0.6) is 0 Å². The van der Waals surface area contributed by atoms with Gasteiger partial charge in [-0.15, -0.1) is 0 Å². The Morgan fingerprint density at radius 3 is 3.00 bits per heavy atom. The lowest BCUT2D eigenvalue weighted by Gasteiger charge is -2.05. The van der Waals surface area contributed by atoms with Crippen molar-refractivity contribution in [1.29, 1.82) is 5.26 Å². The fourth-order valence-corrected chi connectivity index (χ4v) is 1.34. The number of rotatable bonds is 4. The molecule has 0 saturated carbocycles. The summed E-state index contributed by atoms with van der Waals surface area (Å²) in [5.74, 6) is 0.303. The molecular weight excluding hydrogens is 236 g/mol. The smallest absolute Gasteiger partial charge is 0.289 e. The van der Waals surface area contributed by atoms with Crippen molar-refractivity contribution in [3.8, 4) is 6.07 Å². The van der Waals surface area contributed by atoms with E-state index < -0.39 is 4.92 Å². The Bertz CT molecular complexity index is 601. The van der Waals surface area contributed by atoms with Gasteiger partial charge in [0, 0.05) is 12.3 Å². The normalized spacial score (nSPS) is 9.72. The van der Waals surface area contributed by atoms with Crippen LogP contribution in [0.25, 0.3) is 0 Å². The summed E-state index contributed by atoms with van der Waals surface area (Å²) < 4.78 is 0. The first-order valence-electron chi connectivity index (χ1n) is 4.96. The Hall–Kier alpha value is -2.95. The molecule has 8 heteroatoms. The highest BCUT2D eigenvalue weighted by Gasteiger charge is 2.11. The molecule has 0 aliphatic carbocycles. The molecule has 2 rings (SSSR count). The quantitative estimate of drug-likeness (QED) is 0.615. The largest absolute Gasteiger partial charge is 0.363 e. The number of nitriles is 1. The van der Waals surface area contributed by atoms with Crippen LogP contribution in [0.4, 0.5) is 11.5 Å². The number of pyridine rings is 1. The van der Waals surface area contributed by atoms with E-state index in [1.165, 1.54) is 12.4 Å². The van der Waals surface area contributed by atoms with E-state index >= 15 is 0 Å². The van der Waals surface area contributed by atoms with Gasteiger partial charge >= 0.3 is 0 Å². The monoisotopic (exact) mass is 244 g/mol. The SMILES string of the molecule is N#Cc1cc([N+](=O)[O-])cnc1NCc1cnc[nH]1. The van der Waals surface area contributed by atoms with Crippen molar-refractivity contribution < 1.29 is 4.92 Å². The van der Waals surface area contributed by atoms with Crippen LogP contribution in [-0.2, 0) is 6.54 Å². The summed E-state index contributed by atoms with van der Waals surface area (Å²) in [6, 6.07) is 3.05. The van der Waals surface area contributed by atoms with Crippen molar-refractivity contribution in [1.82, 2.24) is 15.0 Å². The van der Waals surface area contributed by atoms with Crippen molar-refractivity contribution in [2.75, 3.05) is 5.32 Å². The van der Waals surface area contributed by atoms with Gasteiger partial charge in [0.1, 0.15) is 23.6 Å². The zero-order valence-corrected chi connectivity index (χ0v) is 9.12. The predicted octanol–water partition coefficient (Wildman–Crippen LogP) is 1.20. The number of nitrogens with one attached hydrogen (secondary N) is 2. The predicted molar refractivity (Wildman–Crippen MR) is 61.5 cm³/mol. The third-order valence-electron chi connectivity index (χ3n) is 2.21. The fraction of sp³-hybridized carbons (Fsp3) is 0.100. The zero-order chi connectivity index (χ0) is 13.0. The summed E-state index contributed by atoms with van der Waals surface area (Å²) >= 11 is 0. The highest BCUT2D eigenvalue weighted by molar-refractivity contribution is 5.55. The van der Waals surface area contributed by atoms with Gasteiger partial charge in [-0.05, 0) is 0 Å². The second-order valence-corrected chi connectivity index (χ2v) is 3.39. The van der Waals surface area contributed by atoms with E-state index in [2.05, 4.69) is 20.3 Å². The molecule has 0 amide bonds. The van der Waals surface area contributed by atoms with Crippen LogP contribution >= 0.6 is 0 Å². The molecule has 2 heterocycles. The van der Waals surface area contributed by atoms with Crippen LogP contribution in [0.15, 0.2) is 24.8 Å². The van der Waals surface area contributed by atoms with Crippen LogP contribution in [0.1, 0.15) is 11.3 Å². The van der Waals surface area contributed by atoms with E-state index in [-0.39, 0.29) is 11.3 Å². The molecule has 0 radical (unpaired) electrons. The average molecular weight is 244 g/mol. The first kappa shape index (κ1) is 11.5. The number of anilines is 1. The number of aromatic amines is 1. The number of hydrogen-bond acceptors (Lipinski definition) is 6. The van der Waals surface area contributed by atoms with Crippen molar-refractivity contribution in [2.45, 2.75) is 6.54 Å². The Kier molecular flexibility index (Phi) is 3.15. The van der Waals surface area contributed by atoms with E-state index in [1.807, 2.05) is 6.07 Å². The van der Waals surface area contributed by atoms with Gasteiger partial charge in [-0.3, -0.25) is 10.1 Å². The molecule has 0 saturated heterocycles. The van der Waals surface area contributed by atoms with Gasteiger partial charge in [0.15, 0.2) is 0 Å². The second-order valence-electron chi connectivity index (χ2n) is 3.39. The molecule has 0 aliphatic rings. The molecule has 0 atom stereocenters. The van der Waals surface area contributed by atoms with Crippen LogP contribution in [0.2, 0.25) is 0 Å². The van der Waals surface area contributed by atoms with Crippen LogP contribution < -0.4 is 5.32 Å². The molecule has 2 N–H and O–H groups in total. The van der Waals surface area contributed by atoms with Crippen LogP contribution in [-0.4, -0.2) is 19.9 Å². The third-order valence-corrected chi connectivity index (χ3v) is 2.21. The standard InChI is InChI=1S/C10H8N6O2/c11-2-7-1-9(16(17)18)5-14-10(7)13-4-8-3-12-6-15-8/h1,3,5-6H,4H2,(H,12,15)(H,13,14). The van der Waals surface area contributed by atoms with Gasteiger partial charge in [-0.2, -0.15) is 5.26 Å². The highest BCUT2D eigenvalue weighted by Crippen LogP contribution is 2.18. The van der Waals surface area contributed by atoms with E-state index in [0.29, 0.717) is 12.4 Å². The van der Waals surface area contributed by atoms with Crippen molar-refractivity contribution in [3.05, 3.63) is 46.2 Å². The Balaban J connectivity index is 2.18. The lowest BCUT2D eigenvalue weighted by atomic mass is 10.2. The minimum absolute atomic E-state index is 0.128. The maximum Gasteiger partial charge on any atom is 0.289 e. The molecule has 8 nitrogen and oxygen atoms in total. The summed E-state index contributed by atoms with van der Waals surface area (Å²) in [4.78, 5) is 20.5. The second kappa shape index (κ2) is 4.92. The number of imidazole rings is 1. The molecule has 0 spiro atoms. The van der Waals surface area contributed by atoms with E-state index in [0.717, 1.165) is 11.9 Å². The van der Waals surface area contributed by atoms with Crippen LogP contribution in [0, 0.1) is 21.4 Å². The van der Waals surface area contributed by atoms with E-state index in [4.69, 9.17) is 5.26 Å². The van der Waals surface area contributed by atoms with Crippen molar-refractivity contribution in [3.63, 3.8) is 0 Å². The van der Waals surface area contributed by atoms with Gasteiger partial charge < -0.3 is 10.3 Å². The maximum atomic E-state index is 10.5. The van der Waals surface area contributed by atoms with Crippen molar-refractivity contribution >= 4 is 11.5 Å². The molecule has 90 valence electrons. The lowest BCUT2D eigenvalue weighted by Crippen LogP contribution is -2.04. The van der Waals surface area contributed by atoms with Gasteiger partial charge in [0.25, 0.3) is 5.69 Å². The fourth-order valence-electron chi connectivity index (χ4n) is 1.34. The number of hydrogen-bond donors (Lipinski definition) is 2. The summed E-state index contributed by atoms with van der Waals surface area (Å²) in [7, 11) is 0. The molecule has 2 aromatic rings. The maximum absolute atomic E-state index is 10.5. The first-order chi connectivity index (χ1) is 8.70. The number of nitro groups is 1. The zero-order valence-electron chi connectivity index (χ0n) is 9.12.